The van der Waals surface area contributed by atoms with Crippen LogP contribution in [0.2, 0.25) is 0 Å². The van der Waals surface area contributed by atoms with Gasteiger partial charge in [0.05, 0.1) is 0 Å². The third-order valence-corrected chi connectivity index (χ3v) is 2.15. The average Bonchev–Trinajstić information content (AvgIpc) is 2.85. The summed E-state index contributed by atoms with van der Waals surface area (Å²) in [6.45, 7) is 0. The van der Waals surface area contributed by atoms with Crippen LogP contribution in [0.3, 0.4) is 0 Å². The third kappa shape index (κ3) is 0.939. The van der Waals surface area contributed by atoms with E-state index in [4.69, 9.17) is 0 Å². The molecule has 4 nitrogen and oxygen atoms in total. The molecule has 14 heavy (non-hydrogen) atoms. The van der Waals surface area contributed by atoms with Gasteiger partial charge in [-0.3, -0.25) is 0 Å². The van der Waals surface area contributed by atoms with Crippen molar-refractivity contribution < 1.29 is 4.52 Å². The minimum absolute atomic E-state index is 0.558. The molecule has 67 valence electrons. The molecule has 0 bridgehead atoms. The molecule has 0 amide bonds. The lowest BCUT2D eigenvalue weighted by Gasteiger charge is -1.90. The van der Waals surface area contributed by atoms with Crippen molar-refractivity contribution in [2.75, 3.05) is 0 Å². The Bertz CT molecular complexity index is 554. The number of nitrogens with zero attached hydrogens (tertiary/aromatic N) is 2. The quantitative estimate of drug-likeness (QED) is 0.629. The predicted octanol–water partition coefficient (Wildman–Crippen LogP) is 2.02. The molecule has 2 heterocycles. The fourth-order valence-electron chi connectivity index (χ4n) is 1.51. The Balaban J connectivity index is 2.33. The van der Waals surface area contributed by atoms with E-state index < -0.39 is 0 Å². The number of fused-ring (bicyclic) bond motifs is 1. The maximum absolute atomic E-state index is 4.59. The lowest BCUT2D eigenvalue weighted by Crippen LogP contribution is -1.76. The number of aromatic nitrogens is 3. The molecule has 0 unspecified atom stereocenters. The lowest BCUT2D eigenvalue weighted by molar-refractivity contribution is 0.411. The summed E-state index contributed by atoms with van der Waals surface area (Å²) in [5.41, 5.74) is 2.00. The minimum atomic E-state index is 0.558. The highest BCUT2D eigenvalue weighted by Crippen LogP contribution is 2.25. The number of aromatic amines is 1. The molecule has 4 heteroatoms. The van der Waals surface area contributed by atoms with Crippen LogP contribution < -0.4 is 0 Å². The van der Waals surface area contributed by atoms with Gasteiger partial charge in [0.25, 0.3) is 0 Å². The molecule has 2 aromatic heterocycles. The number of nitrogens with one attached hydrogen (secondary N) is 1. The van der Waals surface area contributed by atoms with Crippen molar-refractivity contribution in [3.05, 3.63) is 36.9 Å². The van der Waals surface area contributed by atoms with Gasteiger partial charge in [0.1, 0.15) is 0 Å². The molecule has 1 N–H and O–H groups in total. The maximum Gasteiger partial charge on any atom is 0.316 e. The topological polar surface area (TPSA) is 54.7 Å². The number of H-pyrrole nitrogens is 1. The van der Waals surface area contributed by atoms with Gasteiger partial charge in [0.2, 0.25) is 5.82 Å². The number of rotatable bonds is 1. The molecule has 1 aromatic carbocycles. The van der Waals surface area contributed by atoms with Crippen LogP contribution in [0.5, 0.6) is 0 Å². The Kier molecular flexibility index (Phi) is 1.41. The van der Waals surface area contributed by atoms with Gasteiger partial charge in [-0.2, -0.15) is 4.98 Å². The predicted molar refractivity (Wildman–Crippen MR) is 50.4 cm³/mol. The summed E-state index contributed by atoms with van der Waals surface area (Å²) in [5, 5.41) is 4.83. The van der Waals surface area contributed by atoms with Gasteiger partial charge in [-0.25, -0.2) is 0 Å². The monoisotopic (exact) mass is 184 g/mol. The van der Waals surface area contributed by atoms with Crippen molar-refractivity contribution in [3.63, 3.8) is 0 Å². The largest absolute Gasteiger partial charge is 0.360 e. The fraction of sp³-hybridized carbons (Fsp3) is 0. The van der Waals surface area contributed by atoms with Gasteiger partial charge in [-0.1, -0.05) is 23.4 Å². The first kappa shape index (κ1) is 7.32. The zero-order chi connectivity index (χ0) is 9.38. The summed E-state index contributed by atoms with van der Waals surface area (Å²) in [5.74, 6) is 0.558. The van der Waals surface area contributed by atoms with Crippen LogP contribution in [0.1, 0.15) is 0 Å². The second kappa shape index (κ2) is 2.70. The smallest absolute Gasteiger partial charge is 0.316 e. The molecule has 0 fully saturated rings. The SMILES string of the molecule is [c]1nc(-c2c[nH]c3ccccc23)no1. The molecular formula is C10H6N3O. The van der Waals surface area contributed by atoms with Crippen molar-refractivity contribution in [1.29, 1.82) is 0 Å². The van der Waals surface area contributed by atoms with Gasteiger partial charge >= 0.3 is 6.39 Å². The van der Waals surface area contributed by atoms with Gasteiger partial charge in [0, 0.05) is 22.7 Å². The van der Waals surface area contributed by atoms with Crippen LogP contribution in [-0.4, -0.2) is 15.1 Å². The van der Waals surface area contributed by atoms with Crippen molar-refractivity contribution in [3.8, 4) is 11.4 Å². The molecule has 0 spiro atoms. The van der Waals surface area contributed by atoms with Crippen LogP contribution in [0, 0.1) is 6.39 Å². The minimum Gasteiger partial charge on any atom is -0.360 e. The molecular weight excluding hydrogens is 178 g/mol. The summed E-state index contributed by atoms with van der Waals surface area (Å²) in [6.07, 6.45) is 4.20. The number of hydrogen-bond acceptors (Lipinski definition) is 3. The summed E-state index contributed by atoms with van der Waals surface area (Å²) in [6, 6.07) is 7.97. The summed E-state index contributed by atoms with van der Waals surface area (Å²) >= 11 is 0. The Hall–Kier alpha value is -2.10. The highest BCUT2D eigenvalue weighted by molar-refractivity contribution is 5.93. The summed E-state index contributed by atoms with van der Waals surface area (Å²) in [7, 11) is 0. The van der Waals surface area contributed by atoms with Gasteiger partial charge in [-0.05, 0) is 6.07 Å². The third-order valence-electron chi connectivity index (χ3n) is 2.15. The van der Waals surface area contributed by atoms with E-state index >= 15 is 0 Å². The molecule has 3 rings (SSSR count). The van der Waals surface area contributed by atoms with Crippen LogP contribution in [0.4, 0.5) is 0 Å². The highest BCUT2D eigenvalue weighted by atomic mass is 16.5. The zero-order valence-corrected chi connectivity index (χ0v) is 7.19. The first-order chi connectivity index (χ1) is 6.95. The number of benzene rings is 1. The Morgan fingerprint density at radius 2 is 2.21 bits per heavy atom. The molecule has 0 aliphatic carbocycles. The normalized spacial score (nSPS) is 10.9. The first-order valence-electron chi connectivity index (χ1n) is 4.21. The fourth-order valence-corrected chi connectivity index (χ4v) is 1.51. The van der Waals surface area contributed by atoms with Gasteiger partial charge < -0.3 is 9.51 Å². The molecule has 0 saturated carbocycles. The molecule has 3 aromatic rings. The van der Waals surface area contributed by atoms with E-state index in [1.54, 1.807) is 0 Å². The van der Waals surface area contributed by atoms with E-state index in [0.717, 1.165) is 16.5 Å². The Morgan fingerprint density at radius 1 is 1.29 bits per heavy atom. The van der Waals surface area contributed by atoms with Crippen molar-refractivity contribution in [2.45, 2.75) is 0 Å². The van der Waals surface area contributed by atoms with E-state index in [-0.39, 0.29) is 0 Å². The van der Waals surface area contributed by atoms with Gasteiger partial charge in [0.15, 0.2) is 0 Å². The second-order valence-electron chi connectivity index (χ2n) is 2.96. The highest BCUT2D eigenvalue weighted by Gasteiger charge is 2.08. The van der Waals surface area contributed by atoms with E-state index in [1.165, 1.54) is 0 Å². The maximum atomic E-state index is 4.59. The van der Waals surface area contributed by atoms with Crippen LogP contribution in [0.15, 0.2) is 35.0 Å². The first-order valence-corrected chi connectivity index (χ1v) is 4.21. The average molecular weight is 184 g/mol. The number of para-hydroxylation sites is 1. The van der Waals surface area contributed by atoms with Gasteiger partial charge in [-0.15, -0.1) is 0 Å². The summed E-state index contributed by atoms with van der Waals surface area (Å²) < 4.78 is 4.59. The van der Waals surface area contributed by atoms with E-state index in [9.17, 15) is 0 Å². The lowest BCUT2D eigenvalue weighted by atomic mass is 10.2. The van der Waals surface area contributed by atoms with Crippen LogP contribution >= 0.6 is 0 Å². The van der Waals surface area contributed by atoms with Crippen LogP contribution in [0.25, 0.3) is 22.3 Å². The van der Waals surface area contributed by atoms with E-state index in [1.807, 2.05) is 30.5 Å². The molecule has 0 atom stereocenters. The van der Waals surface area contributed by atoms with Crippen LogP contribution in [-0.2, 0) is 0 Å². The molecule has 0 aliphatic heterocycles. The molecule has 0 saturated heterocycles. The summed E-state index contributed by atoms with van der Waals surface area (Å²) in [4.78, 5) is 7.03. The van der Waals surface area contributed by atoms with E-state index in [2.05, 4.69) is 26.0 Å². The number of hydrogen-bond donors (Lipinski definition) is 1. The Labute approximate surface area is 79.6 Å². The molecule has 1 radical (unpaired) electrons. The Morgan fingerprint density at radius 3 is 3.07 bits per heavy atom. The van der Waals surface area contributed by atoms with Crippen molar-refractivity contribution >= 4 is 10.9 Å². The van der Waals surface area contributed by atoms with E-state index in [0.29, 0.717) is 5.82 Å². The second-order valence-corrected chi connectivity index (χ2v) is 2.96. The van der Waals surface area contributed by atoms with Crippen molar-refractivity contribution in [2.24, 2.45) is 0 Å². The van der Waals surface area contributed by atoms with Crippen molar-refractivity contribution in [1.82, 2.24) is 15.1 Å². The molecule has 0 aliphatic rings. The zero-order valence-electron chi connectivity index (χ0n) is 7.19. The standard InChI is InChI=1S/C10H6N3O/c1-2-4-9-7(3-1)8(5-11-9)10-12-6-14-13-10/h1-5,11H.